The highest BCUT2D eigenvalue weighted by Gasteiger charge is 2.40. The Morgan fingerprint density at radius 2 is 2.15 bits per heavy atom. The van der Waals surface area contributed by atoms with Crippen molar-refractivity contribution < 1.29 is 18.7 Å². The quantitative estimate of drug-likeness (QED) is 0.641. The number of esters is 1. The Morgan fingerprint density at radius 1 is 1.37 bits per heavy atom. The fraction of sp³-hybridized carbons (Fsp3) is 0.450. The molecule has 2 atom stereocenters. The molecule has 0 radical (unpaired) electrons. The largest absolute Gasteiger partial charge is 0.461 e. The minimum atomic E-state index is -0.632. The first-order chi connectivity index (χ1) is 13.1. The van der Waals surface area contributed by atoms with E-state index < -0.39 is 5.97 Å². The van der Waals surface area contributed by atoms with Gasteiger partial charge in [-0.3, -0.25) is 9.69 Å². The van der Waals surface area contributed by atoms with Crippen LogP contribution in [0.1, 0.15) is 35.8 Å². The smallest absolute Gasteiger partial charge is 0.384 e. The molecule has 1 amide bonds. The maximum atomic E-state index is 12.8. The summed E-state index contributed by atoms with van der Waals surface area (Å²) in [6, 6.07) is 2.13. The molecule has 0 aliphatic carbocycles. The summed E-state index contributed by atoms with van der Waals surface area (Å²) in [6.45, 7) is 4.39. The van der Waals surface area contributed by atoms with E-state index in [-0.39, 0.29) is 11.9 Å². The van der Waals surface area contributed by atoms with Gasteiger partial charge in [0, 0.05) is 23.4 Å². The monoisotopic (exact) mass is 367 g/mol. The number of methoxy groups -OCH3 is 1. The summed E-state index contributed by atoms with van der Waals surface area (Å²) in [5.74, 6) is 4.77. The molecule has 2 aromatic rings. The summed E-state index contributed by atoms with van der Waals surface area (Å²) >= 11 is 0. The van der Waals surface area contributed by atoms with Crippen molar-refractivity contribution in [3.05, 3.63) is 29.8 Å². The van der Waals surface area contributed by atoms with Crippen molar-refractivity contribution in [3.8, 4) is 11.8 Å². The Labute approximate surface area is 157 Å². The molecule has 3 aliphatic rings. The van der Waals surface area contributed by atoms with Crippen LogP contribution in [0.25, 0.3) is 11.0 Å². The summed E-state index contributed by atoms with van der Waals surface area (Å²) < 4.78 is 9.92. The molecule has 5 rings (SSSR count). The molecule has 7 heteroatoms. The normalized spacial score (nSPS) is 26.3. The number of furan rings is 1. The number of hydrogen-bond donors (Lipinski definition) is 1. The molecule has 27 heavy (non-hydrogen) atoms. The van der Waals surface area contributed by atoms with Crippen molar-refractivity contribution in [1.82, 2.24) is 15.2 Å². The number of carbonyl (C=O) groups excluding carboxylic acids is 2. The lowest BCUT2D eigenvalue weighted by Crippen LogP contribution is -2.62. The zero-order valence-corrected chi connectivity index (χ0v) is 15.3. The third kappa shape index (κ3) is 3.28. The molecule has 2 aromatic heterocycles. The zero-order valence-electron chi connectivity index (χ0n) is 15.3. The molecule has 1 N–H and O–H groups in total. The van der Waals surface area contributed by atoms with Gasteiger partial charge in [0.15, 0.2) is 5.58 Å². The lowest BCUT2D eigenvalue weighted by Gasteiger charge is -2.49. The van der Waals surface area contributed by atoms with E-state index in [0.717, 1.165) is 25.9 Å². The van der Waals surface area contributed by atoms with Crippen molar-refractivity contribution in [2.45, 2.75) is 31.8 Å². The van der Waals surface area contributed by atoms with Gasteiger partial charge in [-0.1, -0.05) is 5.92 Å². The predicted octanol–water partition coefficient (Wildman–Crippen LogP) is 1.56. The average Bonchev–Trinajstić information content (AvgIpc) is 3.11. The van der Waals surface area contributed by atoms with Crippen LogP contribution in [-0.4, -0.2) is 54.0 Å². The topological polar surface area (TPSA) is 84.7 Å². The maximum Gasteiger partial charge on any atom is 0.384 e. The van der Waals surface area contributed by atoms with Crippen LogP contribution in [0, 0.1) is 17.8 Å². The molecule has 0 saturated carbocycles. The third-order valence-electron chi connectivity index (χ3n) is 5.65. The van der Waals surface area contributed by atoms with Crippen molar-refractivity contribution in [2.75, 3.05) is 20.2 Å². The molecule has 7 nitrogen and oxygen atoms in total. The number of amides is 1. The number of pyridine rings is 1. The minimum Gasteiger partial charge on any atom is -0.461 e. The third-order valence-corrected chi connectivity index (χ3v) is 5.65. The van der Waals surface area contributed by atoms with Gasteiger partial charge in [-0.25, -0.2) is 9.78 Å². The van der Waals surface area contributed by atoms with Gasteiger partial charge in [-0.05, 0) is 44.8 Å². The van der Waals surface area contributed by atoms with Crippen molar-refractivity contribution in [1.29, 1.82) is 0 Å². The Morgan fingerprint density at radius 3 is 2.85 bits per heavy atom. The number of carbonyl (C=O) groups is 2. The summed E-state index contributed by atoms with van der Waals surface area (Å²) in [5.41, 5.74) is 1.34. The van der Waals surface area contributed by atoms with Crippen LogP contribution in [-0.2, 0) is 9.53 Å². The van der Waals surface area contributed by atoms with Crippen LogP contribution in [0.5, 0.6) is 0 Å². The van der Waals surface area contributed by atoms with Crippen LogP contribution in [0.15, 0.2) is 22.9 Å². The first-order valence-corrected chi connectivity index (χ1v) is 9.09. The number of piperidine rings is 3. The molecule has 2 unspecified atom stereocenters. The molecule has 0 aromatic carbocycles. The van der Waals surface area contributed by atoms with Gasteiger partial charge >= 0.3 is 5.97 Å². The van der Waals surface area contributed by atoms with Crippen molar-refractivity contribution in [3.63, 3.8) is 0 Å². The fourth-order valence-electron chi connectivity index (χ4n) is 4.09. The van der Waals surface area contributed by atoms with Gasteiger partial charge in [0.1, 0.15) is 12.0 Å². The van der Waals surface area contributed by atoms with Crippen LogP contribution >= 0.6 is 0 Å². The predicted molar refractivity (Wildman–Crippen MR) is 97.9 cm³/mol. The van der Waals surface area contributed by atoms with E-state index in [1.807, 2.05) is 0 Å². The highest BCUT2D eigenvalue weighted by atomic mass is 16.5. The highest BCUT2D eigenvalue weighted by molar-refractivity contribution is 5.97. The standard InChI is InChI=1S/C20H21N3O4/c1-12-19(13-5-7-23(12)8-6-13)22-20(25)16-9-15-14(3-4-18(24)26-2)11-27-17(15)10-21-16/h9-13,19H,5-8H2,1-2H3,(H,22,25). The number of fused-ring (bicyclic) bond motifs is 4. The Balaban J connectivity index is 1.57. The van der Waals surface area contributed by atoms with Gasteiger partial charge in [-0.2, -0.15) is 0 Å². The molecule has 140 valence electrons. The zero-order chi connectivity index (χ0) is 19.0. The van der Waals surface area contributed by atoms with Crippen LogP contribution < -0.4 is 5.32 Å². The van der Waals surface area contributed by atoms with E-state index in [1.165, 1.54) is 19.6 Å². The minimum absolute atomic E-state index is 0.139. The van der Waals surface area contributed by atoms with Gasteiger partial charge in [0.05, 0.1) is 18.9 Å². The number of aromatic nitrogens is 1. The summed E-state index contributed by atoms with van der Waals surface area (Å²) in [4.78, 5) is 30.7. The second-order valence-electron chi connectivity index (χ2n) is 7.07. The molecule has 0 spiro atoms. The molecular formula is C20H21N3O4. The molecular weight excluding hydrogens is 346 g/mol. The van der Waals surface area contributed by atoms with E-state index in [1.54, 1.807) is 6.07 Å². The Kier molecular flexibility index (Phi) is 4.58. The summed E-state index contributed by atoms with van der Waals surface area (Å²) in [7, 11) is 1.27. The molecule has 3 aliphatic heterocycles. The van der Waals surface area contributed by atoms with E-state index >= 15 is 0 Å². The van der Waals surface area contributed by atoms with Crippen molar-refractivity contribution in [2.24, 2.45) is 5.92 Å². The lowest BCUT2D eigenvalue weighted by atomic mass is 9.79. The molecule has 3 fully saturated rings. The maximum absolute atomic E-state index is 12.8. The van der Waals surface area contributed by atoms with E-state index in [2.05, 4.69) is 38.7 Å². The van der Waals surface area contributed by atoms with Crippen LogP contribution in [0.4, 0.5) is 0 Å². The van der Waals surface area contributed by atoms with Gasteiger partial charge in [-0.15, -0.1) is 0 Å². The van der Waals surface area contributed by atoms with E-state index in [0.29, 0.717) is 34.2 Å². The molecule has 5 heterocycles. The van der Waals surface area contributed by atoms with E-state index in [9.17, 15) is 9.59 Å². The molecule has 2 bridgehead atoms. The Hall–Kier alpha value is -2.85. The number of rotatable bonds is 2. The fourth-order valence-corrected chi connectivity index (χ4v) is 4.09. The lowest BCUT2D eigenvalue weighted by molar-refractivity contribution is -0.133. The average molecular weight is 367 g/mol. The number of nitrogens with zero attached hydrogens (tertiary/aromatic N) is 2. The second kappa shape index (κ2) is 7.05. The van der Waals surface area contributed by atoms with Crippen molar-refractivity contribution >= 4 is 22.8 Å². The number of hydrogen-bond acceptors (Lipinski definition) is 6. The van der Waals surface area contributed by atoms with Crippen LogP contribution in [0.2, 0.25) is 0 Å². The van der Waals surface area contributed by atoms with Crippen LogP contribution in [0.3, 0.4) is 0 Å². The van der Waals surface area contributed by atoms with Gasteiger partial charge in [0.2, 0.25) is 0 Å². The van der Waals surface area contributed by atoms with Gasteiger partial charge in [0.25, 0.3) is 5.91 Å². The first-order valence-electron chi connectivity index (χ1n) is 9.09. The SMILES string of the molecule is COC(=O)C#Cc1coc2cnc(C(=O)NC3C4CCN(CC4)C3C)cc12. The van der Waals surface area contributed by atoms with E-state index in [4.69, 9.17) is 4.42 Å². The second-order valence-corrected chi connectivity index (χ2v) is 7.07. The molecule has 3 saturated heterocycles. The summed E-state index contributed by atoms with van der Waals surface area (Å²) in [5, 5.41) is 3.81. The Bertz CT molecular complexity index is 945. The number of ether oxygens (including phenoxy) is 1. The summed E-state index contributed by atoms with van der Waals surface area (Å²) in [6.07, 6.45) is 5.19. The highest BCUT2D eigenvalue weighted by Crippen LogP contribution is 2.32. The number of nitrogens with one attached hydrogen (secondary N) is 1. The van der Waals surface area contributed by atoms with Gasteiger partial charge < -0.3 is 14.5 Å². The first kappa shape index (κ1) is 17.6.